The number of nitrogens with one attached hydrogen (secondary N) is 1. The van der Waals surface area contributed by atoms with Crippen LogP contribution >= 0.6 is 23.2 Å². The normalized spacial score (nSPS) is 10.7. The van der Waals surface area contributed by atoms with Gasteiger partial charge < -0.3 is 10.1 Å². The number of ketones is 1. The SMILES string of the molecule is CC(=O)Nc1ccc(C(=O)COC(=O)/C=C/c2c(Cl)cccc2Cl)c(F)c1. The van der Waals surface area contributed by atoms with Crippen LogP contribution in [0.1, 0.15) is 22.8 Å². The van der Waals surface area contributed by atoms with Gasteiger partial charge in [0.15, 0.2) is 6.61 Å². The molecule has 27 heavy (non-hydrogen) atoms. The van der Waals surface area contributed by atoms with Gasteiger partial charge in [-0.2, -0.15) is 0 Å². The van der Waals surface area contributed by atoms with Crippen LogP contribution in [0.5, 0.6) is 0 Å². The molecule has 1 amide bonds. The number of carbonyl (C=O) groups is 3. The fraction of sp³-hybridized carbons (Fsp3) is 0.105. The Bertz CT molecular complexity index is 908. The van der Waals surface area contributed by atoms with E-state index in [0.29, 0.717) is 15.6 Å². The Morgan fingerprint density at radius 3 is 2.41 bits per heavy atom. The zero-order valence-corrected chi connectivity index (χ0v) is 15.6. The van der Waals surface area contributed by atoms with Gasteiger partial charge in [0.05, 0.1) is 5.56 Å². The molecular formula is C19H14Cl2FNO4. The van der Waals surface area contributed by atoms with E-state index in [4.69, 9.17) is 27.9 Å². The van der Waals surface area contributed by atoms with Gasteiger partial charge in [-0.3, -0.25) is 9.59 Å². The molecule has 140 valence electrons. The zero-order chi connectivity index (χ0) is 20.0. The number of amides is 1. The number of halogens is 3. The van der Waals surface area contributed by atoms with Crippen LogP contribution in [-0.2, 0) is 14.3 Å². The Morgan fingerprint density at radius 2 is 1.81 bits per heavy atom. The topological polar surface area (TPSA) is 72.5 Å². The molecule has 5 nitrogen and oxygen atoms in total. The minimum atomic E-state index is -0.833. The molecule has 0 aromatic heterocycles. The molecule has 2 aromatic rings. The van der Waals surface area contributed by atoms with Crippen LogP contribution in [0.25, 0.3) is 6.08 Å². The average molecular weight is 410 g/mol. The smallest absolute Gasteiger partial charge is 0.331 e. The number of carbonyl (C=O) groups excluding carboxylic acids is 3. The van der Waals surface area contributed by atoms with Crippen molar-refractivity contribution in [3.63, 3.8) is 0 Å². The maximum absolute atomic E-state index is 14.0. The van der Waals surface area contributed by atoms with E-state index < -0.39 is 24.2 Å². The second-order valence-electron chi connectivity index (χ2n) is 5.38. The Labute approximate surface area is 164 Å². The molecule has 0 spiro atoms. The highest BCUT2D eigenvalue weighted by Crippen LogP contribution is 2.25. The van der Waals surface area contributed by atoms with E-state index >= 15 is 0 Å². The number of ether oxygens (including phenoxy) is 1. The van der Waals surface area contributed by atoms with Crippen molar-refractivity contribution in [1.82, 2.24) is 0 Å². The first-order valence-corrected chi connectivity index (χ1v) is 8.42. The minimum absolute atomic E-state index is 0.216. The predicted octanol–water partition coefficient (Wildman–Crippen LogP) is 4.53. The second-order valence-corrected chi connectivity index (χ2v) is 6.19. The monoisotopic (exact) mass is 409 g/mol. The van der Waals surface area contributed by atoms with Crippen LogP contribution < -0.4 is 5.32 Å². The van der Waals surface area contributed by atoms with Crippen LogP contribution in [-0.4, -0.2) is 24.3 Å². The van der Waals surface area contributed by atoms with Crippen LogP contribution in [0.2, 0.25) is 10.0 Å². The number of benzene rings is 2. The summed E-state index contributed by atoms with van der Waals surface area (Å²) in [7, 11) is 0. The molecule has 2 aromatic carbocycles. The van der Waals surface area contributed by atoms with Gasteiger partial charge in [-0.25, -0.2) is 9.18 Å². The molecule has 0 aliphatic carbocycles. The van der Waals surface area contributed by atoms with Crippen molar-refractivity contribution in [1.29, 1.82) is 0 Å². The fourth-order valence-electron chi connectivity index (χ4n) is 2.11. The van der Waals surface area contributed by atoms with Crippen molar-refractivity contribution < 1.29 is 23.5 Å². The summed E-state index contributed by atoms with van der Waals surface area (Å²) >= 11 is 11.9. The van der Waals surface area contributed by atoms with Crippen molar-refractivity contribution in [2.24, 2.45) is 0 Å². The van der Waals surface area contributed by atoms with Crippen LogP contribution in [0.4, 0.5) is 10.1 Å². The Balaban J connectivity index is 1.98. The summed E-state index contributed by atoms with van der Waals surface area (Å²) in [6.45, 7) is 0.634. The fourth-order valence-corrected chi connectivity index (χ4v) is 2.63. The highest BCUT2D eigenvalue weighted by molar-refractivity contribution is 6.37. The Kier molecular flexibility index (Phi) is 7.10. The second kappa shape index (κ2) is 9.30. The Hall–Kier alpha value is -2.70. The molecule has 0 heterocycles. The van der Waals surface area contributed by atoms with Crippen LogP contribution in [0, 0.1) is 5.82 Å². The van der Waals surface area contributed by atoms with E-state index in [1.807, 2.05) is 0 Å². The van der Waals surface area contributed by atoms with Gasteiger partial charge in [0.2, 0.25) is 11.7 Å². The molecule has 0 saturated heterocycles. The van der Waals surface area contributed by atoms with Crippen molar-refractivity contribution in [2.45, 2.75) is 6.92 Å². The molecule has 0 unspecified atom stereocenters. The molecule has 0 aliphatic rings. The van der Waals surface area contributed by atoms with Crippen LogP contribution in [0.15, 0.2) is 42.5 Å². The number of rotatable bonds is 6. The van der Waals surface area contributed by atoms with Crippen molar-refractivity contribution >= 4 is 52.6 Å². The molecule has 0 aliphatic heterocycles. The molecular weight excluding hydrogens is 396 g/mol. The molecule has 0 fully saturated rings. The zero-order valence-electron chi connectivity index (χ0n) is 14.1. The summed E-state index contributed by atoms with van der Waals surface area (Å²) in [4.78, 5) is 34.7. The lowest BCUT2D eigenvalue weighted by atomic mass is 10.1. The largest absolute Gasteiger partial charge is 0.454 e. The third-order valence-corrected chi connectivity index (χ3v) is 3.98. The van der Waals surface area contributed by atoms with Gasteiger partial charge in [0, 0.05) is 34.3 Å². The maximum atomic E-state index is 14.0. The van der Waals surface area contributed by atoms with Gasteiger partial charge in [0.25, 0.3) is 0 Å². The van der Waals surface area contributed by atoms with E-state index in [2.05, 4.69) is 5.32 Å². The predicted molar refractivity (Wildman–Crippen MR) is 101 cm³/mol. The van der Waals surface area contributed by atoms with E-state index in [1.54, 1.807) is 18.2 Å². The molecule has 0 saturated carbocycles. The van der Waals surface area contributed by atoms with E-state index in [0.717, 1.165) is 12.1 Å². The maximum Gasteiger partial charge on any atom is 0.331 e. The lowest BCUT2D eigenvalue weighted by molar-refractivity contribution is -0.136. The summed E-state index contributed by atoms with van der Waals surface area (Å²) in [6.07, 6.45) is 2.43. The van der Waals surface area contributed by atoms with Crippen molar-refractivity contribution in [3.8, 4) is 0 Å². The summed E-state index contributed by atoms with van der Waals surface area (Å²) < 4.78 is 18.8. The number of Topliss-reactive ketones (excluding diaryl/α,β-unsaturated/α-hetero) is 1. The summed E-state index contributed by atoms with van der Waals surface area (Å²) in [5.74, 6) is -2.73. The van der Waals surface area contributed by atoms with Gasteiger partial charge in [-0.1, -0.05) is 29.3 Å². The van der Waals surface area contributed by atoms with E-state index in [9.17, 15) is 18.8 Å². The first-order valence-electron chi connectivity index (χ1n) is 7.67. The van der Waals surface area contributed by atoms with Gasteiger partial charge in [0.1, 0.15) is 5.82 Å². The summed E-state index contributed by atoms with van der Waals surface area (Å²) in [5, 5.41) is 3.10. The van der Waals surface area contributed by atoms with Crippen LogP contribution in [0.3, 0.4) is 0 Å². The lowest BCUT2D eigenvalue weighted by Crippen LogP contribution is -2.14. The number of esters is 1. The highest BCUT2D eigenvalue weighted by atomic mass is 35.5. The number of hydrogen-bond acceptors (Lipinski definition) is 4. The molecule has 1 N–H and O–H groups in total. The Morgan fingerprint density at radius 1 is 1.15 bits per heavy atom. The van der Waals surface area contributed by atoms with Crippen molar-refractivity contribution in [3.05, 3.63) is 69.5 Å². The standard InChI is InChI=1S/C19H14Cl2FNO4/c1-11(24)23-12-5-6-14(17(22)9-12)18(25)10-27-19(26)8-7-13-15(20)3-2-4-16(13)21/h2-9H,10H2,1H3,(H,23,24)/b8-7+. The number of hydrogen-bond donors (Lipinski definition) is 1. The lowest BCUT2D eigenvalue weighted by Gasteiger charge is -2.06. The molecule has 0 atom stereocenters. The van der Waals surface area contributed by atoms with Gasteiger partial charge >= 0.3 is 5.97 Å². The molecule has 0 radical (unpaired) electrons. The summed E-state index contributed by atoms with van der Waals surface area (Å²) in [5.41, 5.74) is 0.395. The van der Waals surface area contributed by atoms with E-state index in [1.165, 1.54) is 25.1 Å². The first kappa shape index (κ1) is 20.6. The van der Waals surface area contributed by atoms with Gasteiger partial charge in [-0.05, 0) is 36.4 Å². The third kappa shape index (κ3) is 5.91. The highest BCUT2D eigenvalue weighted by Gasteiger charge is 2.14. The molecule has 2 rings (SSSR count). The third-order valence-electron chi connectivity index (χ3n) is 3.32. The molecule has 8 heteroatoms. The number of anilines is 1. The molecule has 0 bridgehead atoms. The summed E-state index contributed by atoms with van der Waals surface area (Å²) in [6, 6.07) is 8.46. The first-order chi connectivity index (χ1) is 12.8. The quantitative estimate of drug-likeness (QED) is 0.432. The van der Waals surface area contributed by atoms with Crippen molar-refractivity contribution in [2.75, 3.05) is 11.9 Å². The van der Waals surface area contributed by atoms with Gasteiger partial charge in [-0.15, -0.1) is 0 Å². The average Bonchev–Trinajstić information content (AvgIpc) is 2.59. The van der Waals surface area contributed by atoms with E-state index in [-0.39, 0.29) is 17.2 Å². The minimum Gasteiger partial charge on any atom is -0.454 e.